The molecule has 3 N–H and O–H groups in total. The molecule has 0 aliphatic rings. The molecule has 7 heteroatoms. The number of H-pyrrole nitrogens is 1. The molecule has 0 aromatic carbocycles. The van der Waals surface area contributed by atoms with Gasteiger partial charge in [-0.25, -0.2) is 4.79 Å². The molecule has 0 spiro atoms. The number of aromatic nitrogens is 1. The maximum atomic E-state index is 12.4. The average molecular weight is 332 g/mol. The molecule has 128 valence electrons. The van der Waals surface area contributed by atoms with Gasteiger partial charge in [-0.3, -0.25) is 9.59 Å². The molecule has 0 saturated heterocycles. The Morgan fingerprint density at radius 1 is 1.29 bits per heavy atom. The SMILES string of the molecule is CCc1c(C(=O)NCc2cc(C(=O)O)c(C)o2)[nH]c(C)c1C(C)=O. The fourth-order valence-corrected chi connectivity index (χ4v) is 2.80. The van der Waals surface area contributed by atoms with Crippen LogP contribution in [0, 0.1) is 13.8 Å². The van der Waals surface area contributed by atoms with Crippen LogP contribution in [0.4, 0.5) is 0 Å². The molecule has 0 unspecified atom stereocenters. The van der Waals surface area contributed by atoms with Crippen molar-refractivity contribution in [3.05, 3.63) is 45.7 Å². The minimum atomic E-state index is -1.08. The van der Waals surface area contributed by atoms with Gasteiger partial charge in [0, 0.05) is 11.3 Å². The van der Waals surface area contributed by atoms with Crippen molar-refractivity contribution in [2.24, 2.45) is 0 Å². The van der Waals surface area contributed by atoms with Crippen LogP contribution in [0.15, 0.2) is 10.5 Å². The summed E-state index contributed by atoms with van der Waals surface area (Å²) in [6.07, 6.45) is 0.547. The molecule has 0 aliphatic heterocycles. The number of aryl methyl sites for hydroxylation is 2. The molecule has 2 aromatic heterocycles. The molecule has 0 bridgehead atoms. The normalized spacial score (nSPS) is 10.7. The molecule has 0 fully saturated rings. The van der Waals surface area contributed by atoms with E-state index in [1.54, 1.807) is 13.8 Å². The van der Waals surface area contributed by atoms with Crippen molar-refractivity contribution in [1.29, 1.82) is 0 Å². The predicted molar refractivity (Wildman–Crippen MR) is 86.5 cm³/mol. The van der Waals surface area contributed by atoms with Crippen LogP contribution in [0.2, 0.25) is 0 Å². The lowest BCUT2D eigenvalue weighted by molar-refractivity contribution is 0.0694. The lowest BCUT2D eigenvalue weighted by atomic mass is 10.0. The van der Waals surface area contributed by atoms with Crippen molar-refractivity contribution in [3.8, 4) is 0 Å². The van der Waals surface area contributed by atoms with Gasteiger partial charge in [-0.1, -0.05) is 6.92 Å². The molecule has 0 radical (unpaired) electrons. The van der Waals surface area contributed by atoms with Crippen LogP contribution in [0.5, 0.6) is 0 Å². The van der Waals surface area contributed by atoms with Crippen LogP contribution < -0.4 is 5.32 Å². The molecule has 24 heavy (non-hydrogen) atoms. The van der Waals surface area contributed by atoms with E-state index >= 15 is 0 Å². The number of amides is 1. The largest absolute Gasteiger partial charge is 0.478 e. The number of hydrogen-bond donors (Lipinski definition) is 3. The van der Waals surface area contributed by atoms with Gasteiger partial charge < -0.3 is 19.8 Å². The summed E-state index contributed by atoms with van der Waals surface area (Å²) in [5.74, 6) is -0.893. The summed E-state index contributed by atoms with van der Waals surface area (Å²) in [4.78, 5) is 38.1. The zero-order chi connectivity index (χ0) is 18.0. The number of ketones is 1. The highest BCUT2D eigenvalue weighted by molar-refractivity contribution is 6.02. The second-order valence-electron chi connectivity index (χ2n) is 5.56. The van der Waals surface area contributed by atoms with Gasteiger partial charge in [0.15, 0.2) is 5.78 Å². The number of aromatic carboxylic acids is 1. The quantitative estimate of drug-likeness (QED) is 0.704. The van der Waals surface area contributed by atoms with Gasteiger partial charge in [-0.15, -0.1) is 0 Å². The first-order valence-electron chi connectivity index (χ1n) is 7.59. The van der Waals surface area contributed by atoms with E-state index in [1.807, 2.05) is 6.92 Å². The smallest absolute Gasteiger partial charge is 0.339 e. The lowest BCUT2D eigenvalue weighted by Crippen LogP contribution is -2.24. The first-order chi connectivity index (χ1) is 11.3. The van der Waals surface area contributed by atoms with Crippen molar-refractivity contribution in [2.45, 2.75) is 40.7 Å². The van der Waals surface area contributed by atoms with Gasteiger partial charge >= 0.3 is 5.97 Å². The van der Waals surface area contributed by atoms with Crippen LogP contribution >= 0.6 is 0 Å². The first-order valence-corrected chi connectivity index (χ1v) is 7.59. The average Bonchev–Trinajstić information content (AvgIpc) is 3.04. The topological polar surface area (TPSA) is 112 Å². The first kappa shape index (κ1) is 17.5. The summed E-state index contributed by atoms with van der Waals surface area (Å²) in [7, 11) is 0. The Morgan fingerprint density at radius 3 is 2.46 bits per heavy atom. The molecular formula is C17H20N2O5. The van der Waals surface area contributed by atoms with Crippen LogP contribution in [0.25, 0.3) is 0 Å². The molecular weight excluding hydrogens is 312 g/mol. The number of nitrogens with one attached hydrogen (secondary N) is 2. The van der Waals surface area contributed by atoms with E-state index in [9.17, 15) is 14.4 Å². The summed E-state index contributed by atoms with van der Waals surface area (Å²) in [6.45, 7) is 6.71. The number of carbonyl (C=O) groups excluding carboxylic acids is 2. The molecule has 0 saturated carbocycles. The number of carboxylic acid groups (broad SMARTS) is 1. The van der Waals surface area contributed by atoms with Crippen LogP contribution in [0.3, 0.4) is 0 Å². The minimum Gasteiger partial charge on any atom is -0.478 e. The Balaban J connectivity index is 2.19. The molecule has 1 amide bonds. The second kappa shape index (κ2) is 6.74. The number of Topliss-reactive ketones (excluding diaryl/α,β-unsaturated/α-hetero) is 1. The maximum absolute atomic E-state index is 12.4. The van der Waals surface area contributed by atoms with Crippen molar-refractivity contribution >= 4 is 17.7 Å². The van der Waals surface area contributed by atoms with E-state index in [2.05, 4.69) is 10.3 Å². The Hall–Kier alpha value is -2.83. The molecule has 0 aliphatic carbocycles. The summed E-state index contributed by atoms with van der Waals surface area (Å²) in [6, 6.07) is 1.39. The van der Waals surface area contributed by atoms with Gasteiger partial charge in [-0.05, 0) is 38.8 Å². The van der Waals surface area contributed by atoms with Crippen LogP contribution in [0.1, 0.15) is 67.8 Å². The molecule has 2 aromatic rings. The summed E-state index contributed by atoms with van der Waals surface area (Å²) in [5, 5.41) is 11.7. The van der Waals surface area contributed by atoms with E-state index in [0.717, 1.165) is 0 Å². The summed E-state index contributed by atoms with van der Waals surface area (Å²) < 4.78 is 5.33. The van der Waals surface area contributed by atoms with E-state index in [1.165, 1.54) is 13.0 Å². The zero-order valence-corrected chi connectivity index (χ0v) is 14.1. The van der Waals surface area contributed by atoms with Crippen LogP contribution in [-0.2, 0) is 13.0 Å². The third-order valence-corrected chi connectivity index (χ3v) is 3.85. The highest BCUT2D eigenvalue weighted by atomic mass is 16.4. The van der Waals surface area contributed by atoms with Gasteiger partial charge in [0.2, 0.25) is 0 Å². The predicted octanol–water partition coefficient (Wildman–Crippen LogP) is 2.62. The maximum Gasteiger partial charge on any atom is 0.339 e. The molecule has 0 atom stereocenters. The van der Waals surface area contributed by atoms with Crippen molar-refractivity contribution in [3.63, 3.8) is 0 Å². The van der Waals surface area contributed by atoms with Crippen molar-refractivity contribution in [1.82, 2.24) is 10.3 Å². The fourth-order valence-electron chi connectivity index (χ4n) is 2.80. The number of rotatable bonds is 6. The Kier molecular flexibility index (Phi) is 4.92. The lowest BCUT2D eigenvalue weighted by Gasteiger charge is -2.04. The van der Waals surface area contributed by atoms with Gasteiger partial charge in [-0.2, -0.15) is 0 Å². The third-order valence-electron chi connectivity index (χ3n) is 3.85. The van der Waals surface area contributed by atoms with Gasteiger partial charge in [0.25, 0.3) is 5.91 Å². The monoisotopic (exact) mass is 332 g/mol. The highest BCUT2D eigenvalue weighted by Gasteiger charge is 2.22. The van der Waals surface area contributed by atoms with Crippen LogP contribution in [-0.4, -0.2) is 27.8 Å². The fraction of sp³-hybridized carbons (Fsp3) is 0.353. The van der Waals surface area contributed by atoms with E-state index < -0.39 is 5.97 Å². The number of carboxylic acids is 1. The minimum absolute atomic E-state index is 0.0591. The van der Waals surface area contributed by atoms with Crippen molar-refractivity contribution < 1.29 is 23.9 Å². The number of aromatic amines is 1. The number of hydrogen-bond acceptors (Lipinski definition) is 4. The van der Waals surface area contributed by atoms with Gasteiger partial charge in [0.05, 0.1) is 6.54 Å². The Bertz CT molecular complexity index is 813. The summed E-state index contributed by atoms with van der Waals surface area (Å²) >= 11 is 0. The van der Waals surface area contributed by atoms with E-state index in [0.29, 0.717) is 34.7 Å². The molecule has 2 rings (SSSR count). The van der Waals surface area contributed by atoms with Gasteiger partial charge in [0.1, 0.15) is 22.8 Å². The summed E-state index contributed by atoms with van der Waals surface area (Å²) in [5.41, 5.74) is 2.31. The molecule has 7 nitrogen and oxygen atoms in total. The Morgan fingerprint density at radius 2 is 1.96 bits per heavy atom. The molecule has 2 heterocycles. The van der Waals surface area contributed by atoms with E-state index in [-0.39, 0.29) is 29.6 Å². The number of furan rings is 1. The number of carbonyl (C=O) groups is 3. The Labute approximate surface area is 139 Å². The zero-order valence-electron chi connectivity index (χ0n) is 14.1. The second-order valence-corrected chi connectivity index (χ2v) is 5.56. The third kappa shape index (κ3) is 3.24. The standard InChI is InChI=1S/C17H20N2O5/c1-5-12-14(9(3)20)8(2)19-15(12)16(21)18-7-11-6-13(17(22)23)10(4)24-11/h6,19H,5,7H2,1-4H3,(H,18,21)(H,22,23). The van der Waals surface area contributed by atoms with E-state index in [4.69, 9.17) is 9.52 Å². The highest BCUT2D eigenvalue weighted by Crippen LogP contribution is 2.21. The van der Waals surface area contributed by atoms with Crippen molar-refractivity contribution in [2.75, 3.05) is 0 Å².